The minimum atomic E-state index is 0.349. The molecule has 3 heteroatoms. The van der Waals surface area contributed by atoms with Crippen LogP contribution in [0.3, 0.4) is 0 Å². The van der Waals surface area contributed by atoms with E-state index in [9.17, 15) is 0 Å². The maximum atomic E-state index is 5.25. The number of fused-ring (bicyclic) bond motifs is 1. The molecule has 30 heavy (non-hydrogen) atoms. The first kappa shape index (κ1) is 19.8. The van der Waals surface area contributed by atoms with Gasteiger partial charge in [0.2, 0.25) is 0 Å². The lowest BCUT2D eigenvalue weighted by atomic mass is 9.93. The van der Waals surface area contributed by atoms with Crippen LogP contribution >= 0.6 is 0 Å². The van der Waals surface area contributed by atoms with Crippen LogP contribution < -0.4 is 4.74 Å². The first-order valence-corrected chi connectivity index (χ1v) is 10.2. The molecule has 1 aliphatic heterocycles. The first-order chi connectivity index (χ1) is 14.5. The van der Waals surface area contributed by atoms with Crippen molar-refractivity contribution in [2.24, 2.45) is 0 Å². The molecule has 2 aliphatic rings. The summed E-state index contributed by atoms with van der Waals surface area (Å²) in [5, 5.41) is 0. The molecule has 152 valence electrons. The predicted octanol–water partition coefficient (Wildman–Crippen LogP) is 6.13. The molecule has 2 heterocycles. The Morgan fingerprint density at radius 3 is 2.60 bits per heavy atom. The second-order valence-electron chi connectivity index (χ2n) is 7.83. The van der Waals surface area contributed by atoms with Crippen LogP contribution in [0.1, 0.15) is 23.7 Å². The number of methoxy groups -OCH3 is 1. The van der Waals surface area contributed by atoms with Crippen molar-refractivity contribution in [3.05, 3.63) is 114 Å². The normalized spacial score (nSPS) is 17.6. The number of nitrogens with zero attached hydrogens (tertiary/aromatic N) is 2. The highest BCUT2D eigenvalue weighted by atomic mass is 16.5. The Labute approximate surface area is 179 Å². The minimum absolute atomic E-state index is 0.349. The molecule has 0 amide bonds. The number of hydrogen-bond donors (Lipinski definition) is 0. The van der Waals surface area contributed by atoms with Crippen LogP contribution in [0.2, 0.25) is 0 Å². The number of aromatic nitrogens is 1. The number of allylic oxidation sites excluding steroid dienone is 5. The van der Waals surface area contributed by atoms with Crippen molar-refractivity contribution in [3.63, 3.8) is 0 Å². The van der Waals surface area contributed by atoms with Gasteiger partial charge in [0.15, 0.2) is 0 Å². The lowest BCUT2D eigenvalue weighted by Gasteiger charge is -2.40. The molecule has 1 aromatic carbocycles. The SMILES string of the molecule is C=C/C(=C\c1ccn(C2=CC3=CN(Cc4ccc(OC)cc4)C3C=C2)c1C)C(=C)C. The zero-order valence-corrected chi connectivity index (χ0v) is 17.9. The molecular formula is C27H28N2O. The molecular weight excluding hydrogens is 368 g/mol. The lowest BCUT2D eigenvalue weighted by Crippen LogP contribution is -2.39. The Kier molecular flexibility index (Phi) is 5.37. The van der Waals surface area contributed by atoms with E-state index >= 15 is 0 Å². The number of rotatable bonds is 7. The van der Waals surface area contributed by atoms with Crippen LogP contribution in [0.15, 0.2) is 96.9 Å². The highest BCUT2D eigenvalue weighted by Gasteiger charge is 2.28. The summed E-state index contributed by atoms with van der Waals surface area (Å²) < 4.78 is 7.49. The molecule has 0 radical (unpaired) electrons. The maximum absolute atomic E-state index is 5.25. The van der Waals surface area contributed by atoms with Crippen molar-refractivity contribution < 1.29 is 4.74 Å². The van der Waals surface area contributed by atoms with Gasteiger partial charge in [-0.05, 0) is 72.5 Å². The van der Waals surface area contributed by atoms with Crippen molar-refractivity contribution in [2.75, 3.05) is 7.11 Å². The van der Waals surface area contributed by atoms with Gasteiger partial charge in [0.25, 0.3) is 0 Å². The lowest BCUT2D eigenvalue weighted by molar-refractivity contribution is 0.294. The average molecular weight is 397 g/mol. The van der Waals surface area contributed by atoms with Gasteiger partial charge < -0.3 is 14.2 Å². The monoisotopic (exact) mass is 396 g/mol. The Morgan fingerprint density at radius 1 is 1.20 bits per heavy atom. The Hall–Kier alpha value is -3.46. The molecule has 1 aliphatic carbocycles. The first-order valence-electron chi connectivity index (χ1n) is 10.2. The van der Waals surface area contributed by atoms with Crippen molar-refractivity contribution >= 4 is 11.8 Å². The van der Waals surface area contributed by atoms with E-state index in [2.05, 4.69) is 84.4 Å². The van der Waals surface area contributed by atoms with Crippen LogP contribution in [-0.4, -0.2) is 22.6 Å². The molecule has 0 fully saturated rings. The van der Waals surface area contributed by atoms with Gasteiger partial charge in [0, 0.05) is 30.3 Å². The highest BCUT2D eigenvalue weighted by molar-refractivity contribution is 5.71. The molecule has 0 bridgehead atoms. The fourth-order valence-corrected chi connectivity index (χ4v) is 3.93. The summed E-state index contributed by atoms with van der Waals surface area (Å²) in [7, 11) is 1.70. The summed E-state index contributed by atoms with van der Waals surface area (Å²) in [5.41, 5.74) is 8.30. The molecule has 0 spiro atoms. The highest BCUT2D eigenvalue weighted by Crippen LogP contribution is 2.34. The van der Waals surface area contributed by atoms with Crippen molar-refractivity contribution in [1.29, 1.82) is 0 Å². The number of benzene rings is 1. The summed E-state index contributed by atoms with van der Waals surface area (Å²) in [5.74, 6) is 0.892. The molecule has 0 N–H and O–H groups in total. The van der Waals surface area contributed by atoms with E-state index in [0.29, 0.717) is 6.04 Å². The summed E-state index contributed by atoms with van der Waals surface area (Å²) in [6, 6.07) is 10.8. The van der Waals surface area contributed by atoms with E-state index in [0.717, 1.165) is 23.4 Å². The molecule has 0 saturated carbocycles. The van der Waals surface area contributed by atoms with Gasteiger partial charge in [0.1, 0.15) is 5.75 Å². The van der Waals surface area contributed by atoms with Crippen molar-refractivity contribution in [3.8, 4) is 5.75 Å². The van der Waals surface area contributed by atoms with E-state index in [4.69, 9.17) is 4.74 Å². The smallest absolute Gasteiger partial charge is 0.118 e. The van der Waals surface area contributed by atoms with Crippen molar-refractivity contribution in [1.82, 2.24) is 9.47 Å². The predicted molar refractivity (Wildman–Crippen MR) is 126 cm³/mol. The van der Waals surface area contributed by atoms with Gasteiger partial charge in [-0.2, -0.15) is 0 Å². The zero-order chi connectivity index (χ0) is 21.3. The molecule has 1 unspecified atom stereocenters. The second-order valence-corrected chi connectivity index (χ2v) is 7.83. The van der Waals surface area contributed by atoms with Crippen LogP contribution in [0.25, 0.3) is 11.8 Å². The largest absolute Gasteiger partial charge is 0.497 e. The van der Waals surface area contributed by atoms with Crippen molar-refractivity contribution in [2.45, 2.75) is 26.4 Å². The Balaban J connectivity index is 1.51. The molecule has 1 aromatic heterocycles. The fourth-order valence-electron chi connectivity index (χ4n) is 3.93. The fraction of sp³-hybridized carbons (Fsp3) is 0.185. The standard InChI is InChI=1S/C27H28N2O/c1-6-22(19(2)3)15-23-13-14-29(20(23)4)25-9-12-27-24(16-25)18-28(27)17-21-7-10-26(30-5)11-8-21/h6-16,18,27H,1-2,17H2,3-5H3/b22-15+. The van der Waals surface area contributed by atoms with Gasteiger partial charge in [-0.25, -0.2) is 0 Å². The average Bonchev–Trinajstić information content (AvgIpc) is 3.10. The third-order valence-corrected chi connectivity index (χ3v) is 5.79. The summed E-state index contributed by atoms with van der Waals surface area (Å²) in [4.78, 5) is 2.36. The third-order valence-electron chi connectivity index (χ3n) is 5.79. The second kappa shape index (κ2) is 8.11. The molecule has 2 aromatic rings. The minimum Gasteiger partial charge on any atom is -0.497 e. The summed E-state index contributed by atoms with van der Waals surface area (Å²) >= 11 is 0. The molecule has 3 nitrogen and oxygen atoms in total. The summed E-state index contributed by atoms with van der Waals surface area (Å²) in [6.07, 6.45) is 15.2. The molecule has 1 atom stereocenters. The van der Waals surface area contributed by atoms with Gasteiger partial charge in [-0.15, -0.1) is 0 Å². The van der Waals surface area contributed by atoms with Gasteiger partial charge >= 0.3 is 0 Å². The third kappa shape index (κ3) is 3.71. The number of ether oxygens (including phenoxy) is 1. The Morgan fingerprint density at radius 2 is 1.97 bits per heavy atom. The van der Waals surface area contributed by atoms with Gasteiger partial charge in [0.05, 0.1) is 13.2 Å². The molecule has 4 rings (SSSR count). The maximum Gasteiger partial charge on any atom is 0.118 e. The zero-order valence-electron chi connectivity index (χ0n) is 17.9. The van der Waals surface area contributed by atoms with Gasteiger partial charge in [-0.1, -0.05) is 43.0 Å². The quantitative estimate of drug-likeness (QED) is 0.524. The summed E-state index contributed by atoms with van der Waals surface area (Å²) in [6.45, 7) is 13.0. The van der Waals surface area contributed by atoms with E-state index in [1.165, 1.54) is 28.1 Å². The van der Waals surface area contributed by atoms with Crippen LogP contribution in [0.5, 0.6) is 5.75 Å². The molecule has 0 saturated heterocycles. The van der Waals surface area contributed by atoms with E-state index in [1.54, 1.807) is 7.11 Å². The number of hydrogen-bond acceptors (Lipinski definition) is 2. The van der Waals surface area contributed by atoms with E-state index < -0.39 is 0 Å². The van der Waals surface area contributed by atoms with Gasteiger partial charge in [-0.3, -0.25) is 0 Å². The van der Waals surface area contributed by atoms with Crippen LogP contribution in [0.4, 0.5) is 0 Å². The van der Waals surface area contributed by atoms with Crippen LogP contribution in [-0.2, 0) is 6.54 Å². The van der Waals surface area contributed by atoms with E-state index in [1.807, 2.05) is 25.1 Å². The topological polar surface area (TPSA) is 17.4 Å². The van der Waals surface area contributed by atoms with Crippen LogP contribution in [0, 0.1) is 6.92 Å². The van der Waals surface area contributed by atoms with E-state index in [-0.39, 0.29) is 0 Å². The Bertz CT molecular complexity index is 1110.